The molecule has 0 bridgehead atoms. The minimum absolute atomic E-state index is 1.01. The number of benzene rings is 8. The monoisotopic (exact) mass is 721 g/mol. The van der Waals surface area contributed by atoms with Crippen molar-refractivity contribution in [3.63, 3.8) is 0 Å². The average molecular weight is 722 g/mol. The summed E-state index contributed by atoms with van der Waals surface area (Å²) in [6.45, 7) is 0. The molecule has 11 aromatic rings. The van der Waals surface area contributed by atoms with Gasteiger partial charge >= 0.3 is 0 Å². The van der Waals surface area contributed by atoms with Gasteiger partial charge in [-0.15, -0.1) is 22.7 Å². The van der Waals surface area contributed by atoms with Crippen molar-refractivity contribution in [3.8, 4) is 55.8 Å². The molecule has 0 aliphatic carbocycles. The Balaban J connectivity index is 1.11. The molecule has 11 rings (SSSR count). The van der Waals surface area contributed by atoms with E-state index in [-0.39, 0.29) is 0 Å². The summed E-state index contributed by atoms with van der Waals surface area (Å²) in [4.78, 5) is 5.48. The van der Waals surface area contributed by atoms with E-state index in [0.717, 1.165) is 16.8 Å². The van der Waals surface area contributed by atoms with Crippen LogP contribution in [0, 0.1) is 0 Å². The molecule has 0 aliphatic rings. The van der Waals surface area contributed by atoms with Crippen LogP contribution in [-0.2, 0) is 0 Å². The van der Waals surface area contributed by atoms with E-state index in [1.807, 2.05) is 22.7 Å². The van der Waals surface area contributed by atoms with Crippen LogP contribution in [0.5, 0.6) is 0 Å². The zero-order valence-electron chi connectivity index (χ0n) is 29.2. The highest BCUT2D eigenvalue weighted by Gasteiger charge is 2.19. The molecule has 0 N–H and O–H groups in total. The Bertz CT molecular complexity index is 3150. The second kappa shape index (κ2) is 12.6. The molecule has 3 heterocycles. The van der Waals surface area contributed by atoms with Gasteiger partial charge in [0.25, 0.3) is 0 Å². The van der Waals surface area contributed by atoms with Gasteiger partial charge in [-0.1, -0.05) is 133 Å². The third kappa shape index (κ3) is 5.16. The number of rotatable bonds is 5. The minimum Gasteiger partial charge on any atom is -0.246 e. The van der Waals surface area contributed by atoms with E-state index in [9.17, 15) is 0 Å². The summed E-state index contributed by atoms with van der Waals surface area (Å²) in [5.41, 5.74) is 12.8. The smallest absolute Gasteiger partial charge is 0.0888 e. The van der Waals surface area contributed by atoms with Gasteiger partial charge in [-0.25, -0.2) is 4.98 Å². The Morgan fingerprint density at radius 1 is 0.315 bits per heavy atom. The standard InChI is InChI=1S/C51H31NS2/c1-3-13-32(14-4-1)37-28-38(33-15-5-2-6-16-33)30-39(29-37)34-17-11-18-36(27-34)50-51-49(42-20-8-10-23-46(42)54-51)43-31-35(25-26-44(43)52-50)40-21-12-24-47-48(40)41-19-7-9-22-45(41)53-47/h1-31H. The van der Waals surface area contributed by atoms with Gasteiger partial charge in [0.1, 0.15) is 0 Å². The summed E-state index contributed by atoms with van der Waals surface area (Å²) in [7, 11) is 0. The first kappa shape index (κ1) is 31.2. The number of fused-ring (bicyclic) bond motifs is 8. The zero-order valence-corrected chi connectivity index (χ0v) is 30.8. The molecule has 0 spiro atoms. The van der Waals surface area contributed by atoms with E-state index in [1.165, 1.54) is 90.2 Å². The van der Waals surface area contributed by atoms with Crippen molar-refractivity contribution < 1.29 is 0 Å². The Labute approximate surface area is 321 Å². The van der Waals surface area contributed by atoms with Gasteiger partial charge in [0.05, 0.1) is 15.9 Å². The zero-order chi connectivity index (χ0) is 35.6. The number of hydrogen-bond donors (Lipinski definition) is 0. The van der Waals surface area contributed by atoms with Crippen molar-refractivity contribution in [2.75, 3.05) is 0 Å². The first-order valence-electron chi connectivity index (χ1n) is 18.3. The number of thiophene rings is 2. The van der Waals surface area contributed by atoms with Gasteiger partial charge in [0.15, 0.2) is 0 Å². The van der Waals surface area contributed by atoms with Crippen LogP contribution < -0.4 is 0 Å². The maximum absolute atomic E-state index is 5.48. The second-order valence-electron chi connectivity index (χ2n) is 13.9. The number of hydrogen-bond acceptors (Lipinski definition) is 3. The largest absolute Gasteiger partial charge is 0.246 e. The molecule has 252 valence electrons. The molecule has 0 aliphatic heterocycles. The fourth-order valence-electron chi connectivity index (χ4n) is 8.10. The van der Waals surface area contributed by atoms with Crippen LogP contribution >= 0.6 is 22.7 Å². The van der Waals surface area contributed by atoms with Crippen molar-refractivity contribution >= 4 is 73.9 Å². The Morgan fingerprint density at radius 2 is 0.852 bits per heavy atom. The van der Waals surface area contributed by atoms with Crippen molar-refractivity contribution in [2.24, 2.45) is 0 Å². The van der Waals surface area contributed by atoms with Crippen molar-refractivity contribution in [1.82, 2.24) is 4.98 Å². The summed E-state index contributed by atoms with van der Waals surface area (Å²) in [5, 5.41) is 6.40. The molecular formula is C51H31NS2. The Kier molecular flexibility index (Phi) is 7.29. The van der Waals surface area contributed by atoms with Gasteiger partial charge in [0.2, 0.25) is 0 Å². The molecule has 3 heteroatoms. The van der Waals surface area contributed by atoms with Crippen LogP contribution in [0.3, 0.4) is 0 Å². The lowest BCUT2D eigenvalue weighted by molar-refractivity contribution is 1.44. The molecule has 3 aromatic heterocycles. The van der Waals surface area contributed by atoms with Gasteiger partial charge in [-0.2, -0.15) is 0 Å². The van der Waals surface area contributed by atoms with Crippen molar-refractivity contribution in [2.45, 2.75) is 0 Å². The third-order valence-electron chi connectivity index (χ3n) is 10.6. The van der Waals surface area contributed by atoms with Crippen LogP contribution in [0.15, 0.2) is 188 Å². The van der Waals surface area contributed by atoms with E-state index >= 15 is 0 Å². The lowest BCUT2D eigenvalue weighted by atomic mass is 9.92. The van der Waals surface area contributed by atoms with E-state index in [4.69, 9.17) is 4.98 Å². The predicted octanol–water partition coefficient (Wildman–Crippen LogP) is 15.3. The Morgan fingerprint density at radius 3 is 1.57 bits per heavy atom. The van der Waals surface area contributed by atoms with E-state index in [2.05, 4.69) is 188 Å². The molecular weight excluding hydrogens is 691 g/mol. The topological polar surface area (TPSA) is 12.9 Å². The van der Waals surface area contributed by atoms with Gasteiger partial charge in [-0.05, 0) is 99.1 Å². The summed E-state index contributed by atoms with van der Waals surface area (Å²) < 4.78 is 5.14. The van der Waals surface area contributed by atoms with Crippen molar-refractivity contribution in [1.29, 1.82) is 0 Å². The van der Waals surface area contributed by atoms with Gasteiger partial charge in [0, 0.05) is 46.6 Å². The third-order valence-corrected chi connectivity index (χ3v) is 13.0. The SMILES string of the molecule is c1ccc(-c2cc(-c3ccccc3)cc(-c3cccc(-c4nc5ccc(-c6cccc7sc8ccccc8c67)cc5c5c4sc4ccccc45)c3)c2)cc1. The normalized spacial score (nSPS) is 11.7. The lowest BCUT2D eigenvalue weighted by Crippen LogP contribution is -1.90. The molecule has 1 nitrogen and oxygen atoms in total. The fraction of sp³-hybridized carbons (Fsp3) is 0. The molecule has 0 fully saturated rings. The average Bonchev–Trinajstić information content (AvgIpc) is 3.83. The van der Waals surface area contributed by atoms with Crippen LogP contribution in [0.25, 0.3) is 107 Å². The molecule has 0 amide bonds. The fourth-order valence-corrected chi connectivity index (χ4v) is 10.5. The van der Waals surface area contributed by atoms with Gasteiger partial charge < -0.3 is 0 Å². The van der Waals surface area contributed by atoms with Crippen LogP contribution in [-0.4, -0.2) is 4.98 Å². The van der Waals surface area contributed by atoms with Crippen LogP contribution in [0.2, 0.25) is 0 Å². The maximum Gasteiger partial charge on any atom is 0.0888 e. The van der Waals surface area contributed by atoms with E-state index < -0.39 is 0 Å². The number of pyridine rings is 1. The van der Waals surface area contributed by atoms with Crippen LogP contribution in [0.4, 0.5) is 0 Å². The molecule has 0 radical (unpaired) electrons. The highest BCUT2D eigenvalue weighted by atomic mass is 32.1. The Hall–Kier alpha value is -6.39. The molecule has 0 atom stereocenters. The lowest BCUT2D eigenvalue weighted by Gasteiger charge is -2.13. The summed E-state index contributed by atoms with van der Waals surface area (Å²) in [5.74, 6) is 0. The molecule has 0 saturated carbocycles. The molecule has 8 aromatic carbocycles. The minimum atomic E-state index is 1.01. The maximum atomic E-state index is 5.48. The predicted molar refractivity (Wildman–Crippen MR) is 235 cm³/mol. The summed E-state index contributed by atoms with van der Waals surface area (Å²) >= 11 is 3.71. The van der Waals surface area contributed by atoms with E-state index in [1.54, 1.807) is 0 Å². The summed E-state index contributed by atoms with van der Waals surface area (Å²) in [6, 6.07) is 68.4. The highest BCUT2D eigenvalue weighted by Crippen LogP contribution is 2.46. The van der Waals surface area contributed by atoms with Crippen LogP contribution in [0.1, 0.15) is 0 Å². The van der Waals surface area contributed by atoms with E-state index in [0.29, 0.717) is 0 Å². The first-order valence-corrected chi connectivity index (χ1v) is 19.9. The van der Waals surface area contributed by atoms with Crippen molar-refractivity contribution in [3.05, 3.63) is 188 Å². The number of nitrogens with zero attached hydrogens (tertiary/aromatic N) is 1. The quantitative estimate of drug-likeness (QED) is 0.172. The molecule has 0 unspecified atom stereocenters. The van der Waals surface area contributed by atoms with Gasteiger partial charge in [-0.3, -0.25) is 0 Å². The first-order chi connectivity index (χ1) is 26.7. The summed E-state index contributed by atoms with van der Waals surface area (Å²) in [6.07, 6.45) is 0. The number of aromatic nitrogens is 1. The molecule has 54 heavy (non-hydrogen) atoms. The molecule has 0 saturated heterocycles. The highest BCUT2D eigenvalue weighted by molar-refractivity contribution is 7.26. The second-order valence-corrected chi connectivity index (χ2v) is 16.0.